The molecule has 0 aliphatic heterocycles. The van der Waals surface area contributed by atoms with Gasteiger partial charge < -0.3 is 10.1 Å². The summed E-state index contributed by atoms with van der Waals surface area (Å²) < 4.78 is 5.82. The van der Waals surface area contributed by atoms with E-state index in [9.17, 15) is 4.79 Å². The van der Waals surface area contributed by atoms with Gasteiger partial charge in [-0.15, -0.1) is 0 Å². The summed E-state index contributed by atoms with van der Waals surface area (Å²) in [4.78, 5) is 12.5. The molecule has 25 heavy (non-hydrogen) atoms. The van der Waals surface area contributed by atoms with Gasteiger partial charge in [0.15, 0.2) is 5.11 Å². The Morgan fingerprint density at radius 2 is 1.80 bits per heavy atom. The molecule has 0 aromatic heterocycles. The fourth-order valence-electron chi connectivity index (χ4n) is 2.24. The molecule has 0 bridgehead atoms. The average molecular weight is 356 g/mol. The fourth-order valence-corrected chi connectivity index (χ4v) is 2.53. The number of para-hydroxylation sites is 1. The molecule has 0 saturated heterocycles. The highest BCUT2D eigenvalue weighted by Crippen LogP contribution is 2.18. The van der Waals surface area contributed by atoms with Crippen LogP contribution in [0.1, 0.15) is 36.2 Å². The Bertz CT molecular complexity index is 704. The summed E-state index contributed by atoms with van der Waals surface area (Å²) >= 11 is 5.18. The number of ether oxygens (including phenoxy) is 1. The fraction of sp³-hybridized carbons (Fsp3) is 0.300. The van der Waals surface area contributed by atoms with Crippen molar-refractivity contribution in [2.24, 2.45) is 0 Å². The quantitative estimate of drug-likeness (QED) is 0.743. The summed E-state index contributed by atoms with van der Waals surface area (Å²) in [7, 11) is 0. The van der Waals surface area contributed by atoms with E-state index < -0.39 is 0 Å². The Labute approximate surface area is 154 Å². The van der Waals surface area contributed by atoms with Crippen LogP contribution < -0.4 is 15.4 Å². The Morgan fingerprint density at radius 3 is 2.52 bits per heavy atom. The van der Waals surface area contributed by atoms with E-state index in [-0.39, 0.29) is 11.9 Å². The smallest absolute Gasteiger partial charge is 0.261 e. The van der Waals surface area contributed by atoms with Crippen molar-refractivity contribution in [3.63, 3.8) is 0 Å². The Morgan fingerprint density at radius 1 is 1.12 bits per heavy atom. The van der Waals surface area contributed by atoms with E-state index in [1.54, 1.807) is 12.1 Å². The van der Waals surface area contributed by atoms with Crippen LogP contribution in [0, 0.1) is 0 Å². The summed E-state index contributed by atoms with van der Waals surface area (Å²) in [5.41, 5.74) is 1.67. The first-order valence-corrected chi connectivity index (χ1v) is 8.88. The molecule has 0 fully saturated rings. The number of carbonyl (C=O) groups is 1. The zero-order valence-corrected chi connectivity index (χ0v) is 15.4. The van der Waals surface area contributed by atoms with E-state index in [0.29, 0.717) is 23.0 Å². The monoisotopic (exact) mass is 356 g/mol. The third-order valence-electron chi connectivity index (χ3n) is 3.84. The molecule has 0 heterocycles. The standard InChI is InChI=1S/C20H24N2O2S/c1-3-15(2)21-20(25)22-19(23)17-11-7-8-12-18(17)24-14-13-16-9-5-4-6-10-16/h4-12,15H,3,13-14H2,1-2H3,(H2,21,22,23,25). The summed E-state index contributed by atoms with van der Waals surface area (Å²) in [6.45, 7) is 4.57. The van der Waals surface area contributed by atoms with Crippen LogP contribution in [0.3, 0.4) is 0 Å². The molecule has 2 rings (SSSR count). The minimum Gasteiger partial charge on any atom is -0.492 e. The van der Waals surface area contributed by atoms with Gasteiger partial charge in [0.2, 0.25) is 0 Å². The SMILES string of the molecule is CCC(C)NC(=S)NC(=O)c1ccccc1OCCc1ccccc1. The number of hydrogen-bond donors (Lipinski definition) is 2. The van der Waals surface area contributed by atoms with Crippen LogP contribution in [0.2, 0.25) is 0 Å². The molecule has 2 aromatic carbocycles. The lowest BCUT2D eigenvalue weighted by molar-refractivity contribution is 0.0972. The van der Waals surface area contributed by atoms with Crippen molar-refractivity contribution in [1.82, 2.24) is 10.6 Å². The molecule has 1 unspecified atom stereocenters. The van der Waals surface area contributed by atoms with Crippen LogP contribution in [0.4, 0.5) is 0 Å². The molecule has 4 nitrogen and oxygen atoms in total. The van der Waals surface area contributed by atoms with Crippen LogP contribution in [-0.2, 0) is 6.42 Å². The number of hydrogen-bond acceptors (Lipinski definition) is 3. The molecule has 0 aliphatic carbocycles. The minimum absolute atomic E-state index is 0.213. The van der Waals surface area contributed by atoms with Crippen LogP contribution in [-0.4, -0.2) is 23.7 Å². The number of benzene rings is 2. The van der Waals surface area contributed by atoms with Gasteiger partial charge in [-0.1, -0.05) is 49.4 Å². The van der Waals surface area contributed by atoms with E-state index in [4.69, 9.17) is 17.0 Å². The van der Waals surface area contributed by atoms with Gasteiger partial charge in [-0.3, -0.25) is 10.1 Å². The second kappa shape index (κ2) is 9.79. The largest absolute Gasteiger partial charge is 0.492 e. The van der Waals surface area contributed by atoms with Gasteiger partial charge in [-0.25, -0.2) is 0 Å². The molecule has 1 atom stereocenters. The summed E-state index contributed by atoms with van der Waals surface area (Å²) in [6.07, 6.45) is 1.71. The van der Waals surface area contributed by atoms with Gasteiger partial charge in [-0.05, 0) is 43.3 Å². The molecule has 132 valence electrons. The average Bonchev–Trinajstić information content (AvgIpc) is 2.62. The maximum Gasteiger partial charge on any atom is 0.261 e. The Hall–Kier alpha value is -2.40. The molecule has 0 saturated carbocycles. The predicted octanol–water partition coefficient (Wildman–Crippen LogP) is 3.71. The van der Waals surface area contributed by atoms with E-state index >= 15 is 0 Å². The van der Waals surface area contributed by atoms with Gasteiger partial charge >= 0.3 is 0 Å². The third-order valence-corrected chi connectivity index (χ3v) is 4.06. The molecular weight excluding hydrogens is 332 g/mol. The van der Waals surface area contributed by atoms with Crippen LogP contribution in [0.15, 0.2) is 54.6 Å². The van der Waals surface area contributed by atoms with Crippen molar-refractivity contribution in [3.8, 4) is 5.75 Å². The molecule has 1 amide bonds. The number of thiocarbonyl (C=S) groups is 1. The summed E-state index contributed by atoms with van der Waals surface area (Å²) in [5.74, 6) is 0.290. The van der Waals surface area contributed by atoms with E-state index in [1.807, 2.05) is 37.3 Å². The highest BCUT2D eigenvalue weighted by Gasteiger charge is 2.14. The number of rotatable bonds is 7. The lowest BCUT2D eigenvalue weighted by Gasteiger charge is -2.16. The van der Waals surface area contributed by atoms with Crippen molar-refractivity contribution >= 4 is 23.2 Å². The molecule has 0 radical (unpaired) electrons. The second-order valence-electron chi connectivity index (χ2n) is 5.82. The number of amides is 1. The van der Waals surface area contributed by atoms with Gasteiger partial charge in [0, 0.05) is 12.5 Å². The van der Waals surface area contributed by atoms with E-state index in [2.05, 4.69) is 29.7 Å². The molecule has 0 aliphatic rings. The lowest BCUT2D eigenvalue weighted by atomic mass is 10.1. The van der Waals surface area contributed by atoms with Gasteiger partial charge in [0.25, 0.3) is 5.91 Å². The van der Waals surface area contributed by atoms with Gasteiger partial charge in [0.1, 0.15) is 5.75 Å². The Kier molecular flexibility index (Phi) is 7.41. The minimum atomic E-state index is -0.267. The van der Waals surface area contributed by atoms with Crippen molar-refractivity contribution < 1.29 is 9.53 Å². The normalized spacial score (nSPS) is 11.4. The molecule has 2 N–H and O–H groups in total. The zero-order valence-electron chi connectivity index (χ0n) is 14.6. The van der Waals surface area contributed by atoms with E-state index in [1.165, 1.54) is 5.56 Å². The van der Waals surface area contributed by atoms with Crippen molar-refractivity contribution in [3.05, 3.63) is 65.7 Å². The van der Waals surface area contributed by atoms with E-state index in [0.717, 1.165) is 12.8 Å². The third kappa shape index (κ3) is 6.19. The van der Waals surface area contributed by atoms with Crippen LogP contribution in [0.5, 0.6) is 5.75 Å². The summed E-state index contributed by atoms with van der Waals surface area (Å²) in [6, 6.07) is 17.5. The predicted molar refractivity (Wildman–Crippen MR) is 105 cm³/mol. The van der Waals surface area contributed by atoms with Crippen molar-refractivity contribution in [1.29, 1.82) is 0 Å². The highest BCUT2D eigenvalue weighted by molar-refractivity contribution is 7.80. The zero-order chi connectivity index (χ0) is 18.1. The number of nitrogens with one attached hydrogen (secondary N) is 2. The van der Waals surface area contributed by atoms with Gasteiger partial charge in [0.05, 0.1) is 12.2 Å². The Balaban J connectivity index is 1.94. The maximum atomic E-state index is 12.5. The van der Waals surface area contributed by atoms with Crippen molar-refractivity contribution in [2.75, 3.05) is 6.61 Å². The van der Waals surface area contributed by atoms with Crippen LogP contribution >= 0.6 is 12.2 Å². The molecule has 0 spiro atoms. The molecule has 5 heteroatoms. The number of carbonyl (C=O) groups excluding carboxylic acids is 1. The lowest BCUT2D eigenvalue weighted by Crippen LogP contribution is -2.43. The second-order valence-corrected chi connectivity index (χ2v) is 6.23. The topological polar surface area (TPSA) is 50.4 Å². The maximum absolute atomic E-state index is 12.5. The molecular formula is C20H24N2O2S. The van der Waals surface area contributed by atoms with Gasteiger partial charge in [-0.2, -0.15) is 0 Å². The summed E-state index contributed by atoms with van der Waals surface area (Å²) in [5, 5.41) is 6.12. The first-order chi connectivity index (χ1) is 12.1. The van der Waals surface area contributed by atoms with Crippen molar-refractivity contribution in [2.45, 2.75) is 32.7 Å². The first-order valence-electron chi connectivity index (χ1n) is 8.47. The molecule has 2 aromatic rings. The van der Waals surface area contributed by atoms with Crippen LogP contribution in [0.25, 0.3) is 0 Å². The highest BCUT2D eigenvalue weighted by atomic mass is 32.1. The first kappa shape index (κ1) is 18.9.